The Bertz CT molecular complexity index is 1090. The smallest absolute Gasteiger partial charge is 0.457 e. The first-order valence-electron chi connectivity index (χ1n) is 32.0. The molecule has 0 fully saturated rings. The van der Waals surface area contributed by atoms with Crippen molar-refractivity contribution in [3.8, 4) is 0 Å². The summed E-state index contributed by atoms with van der Waals surface area (Å²) in [4.78, 5) is 22.8. The minimum Gasteiger partial charge on any atom is -0.457 e. The minimum absolute atomic E-state index is 0.0593. The van der Waals surface area contributed by atoms with Crippen molar-refractivity contribution >= 4 is 13.8 Å². The van der Waals surface area contributed by atoms with Crippen molar-refractivity contribution in [2.75, 3.05) is 33.0 Å². The average Bonchev–Trinajstić information content (AvgIpc) is 3.37. The molecule has 0 aromatic rings. The Morgan fingerprint density at radius 3 is 0.903 bits per heavy atom. The lowest BCUT2D eigenvalue weighted by molar-refractivity contribution is -0.154. The summed E-state index contributed by atoms with van der Waals surface area (Å²) >= 11 is 0. The van der Waals surface area contributed by atoms with E-state index in [9.17, 15) is 19.4 Å². The number of carbonyl (C=O) groups is 1. The van der Waals surface area contributed by atoms with Gasteiger partial charge in [0.15, 0.2) is 0 Å². The molecule has 0 aliphatic rings. The number of ether oxygens (including phenoxy) is 2. The van der Waals surface area contributed by atoms with E-state index in [1.807, 2.05) is 0 Å². The number of phosphoric ester groups is 1. The summed E-state index contributed by atoms with van der Waals surface area (Å²) < 4.78 is 33.7. The van der Waals surface area contributed by atoms with Gasteiger partial charge in [-0.25, -0.2) is 4.57 Å². The molecule has 0 saturated heterocycles. The molecule has 0 heterocycles. The quantitative estimate of drug-likeness (QED) is 0.0309. The fourth-order valence-electron chi connectivity index (χ4n) is 9.95. The summed E-state index contributed by atoms with van der Waals surface area (Å²) in [6, 6.07) is 0. The molecule has 9 nitrogen and oxygen atoms in total. The number of rotatable bonds is 63. The van der Waals surface area contributed by atoms with Crippen molar-refractivity contribution in [1.82, 2.24) is 0 Å². The third-order valence-electron chi connectivity index (χ3n) is 14.8. The summed E-state index contributed by atoms with van der Waals surface area (Å²) in [5.41, 5.74) is 0. The molecule has 0 aliphatic heterocycles. The number of carbonyl (C=O) groups excluding carboxylic acids is 1. The number of esters is 1. The molecular weight excluding hydrogens is 920 g/mol. The molecule has 0 amide bonds. The van der Waals surface area contributed by atoms with Gasteiger partial charge in [0, 0.05) is 13.0 Å². The Morgan fingerprint density at radius 1 is 0.375 bits per heavy atom. The fourth-order valence-corrected chi connectivity index (χ4v) is 10.7. The van der Waals surface area contributed by atoms with Crippen LogP contribution in [0.4, 0.5) is 0 Å². The van der Waals surface area contributed by atoms with Crippen LogP contribution in [0.3, 0.4) is 0 Å². The van der Waals surface area contributed by atoms with Crippen LogP contribution in [-0.4, -0.2) is 66.3 Å². The number of hydrogen-bond donors (Lipinski definition) is 3. The van der Waals surface area contributed by atoms with Crippen molar-refractivity contribution in [3.05, 3.63) is 0 Å². The molecule has 3 atom stereocenters. The Balaban J connectivity index is 3.85. The number of unbranched alkanes of at least 4 members (excludes halogenated alkanes) is 49. The molecule has 0 aromatic carbocycles. The van der Waals surface area contributed by atoms with Crippen LogP contribution >= 0.6 is 7.82 Å². The first-order valence-corrected chi connectivity index (χ1v) is 33.5. The van der Waals surface area contributed by atoms with Gasteiger partial charge in [-0.3, -0.25) is 13.8 Å². The molecule has 1 unspecified atom stereocenters. The second kappa shape index (κ2) is 59.7. The van der Waals surface area contributed by atoms with Crippen LogP contribution in [0.1, 0.15) is 348 Å². The van der Waals surface area contributed by atoms with Crippen LogP contribution in [0, 0.1) is 0 Å². The lowest BCUT2D eigenvalue weighted by Crippen LogP contribution is -2.29. The van der Waals surface area contributed by atoms with Crippen molar-refractivity contribution in [2.24, 2.45) is 0 Å². The van der Waals surface area contributed by atoms with Crippen LogP contribution in [0.15, 0.2) is 0 Å². The third-order valence-corrected chi connectivity index (χ3v) is 15.7. The summed E-state index contributed by atoms with van der Waals surface area (Å²) in [6.45, 7) is 3.63. The fraction of sp³-hybridized carbons (Fsp3) is 0.984. The number of aliphatic hydroxyl groups excluding tert-OH is 2. The predicted molar refractivity (Wildman–Crippen MR) is 307 cm³/mol. The highest BCUT2D eigenvalue weighted by molar-refractivity contribution is 7.47. The standard InChI is InChI=1S/C62H125O9P/c1-3-5-7-9-11-13-15-17-19-21-23-25-26-27-28-29-30-31-32-33-34-35-36-38-40-42-44-46-48-50-52-54-62(65)71-61(59-70-72(66,67)69-57-60(64)56-63)58-68-55-53-51-49-47-45-43-41-39-37-24-22-20-18-16-14-12-10-8-6-4-2/h60-61,63-64H,3-59H2,1-2H3,(H,66,67)/t60-,61+/m0/s1. The zero-order valence-corrected chi connectivity index (χ0v) is 49.1. The van der Waals surface area contributed by atoms with Gasteiger partial charge in [0.05, 0.1) is 26.4 Å². The summed E-state index contributed by atoms with van der Waals surface area (Å²) in [5, 5.41) is 18.5. The van der Waals surface area contributed by atoms with Crippen LogP contribution in [0.5, 0.6) is 0 Å². The van der Waals surface area contributed by atoms with E-state index in [1.165, 1.54) is 295 Å². The van der Waals surface area contributed by atoms with Gasteiger partial charge in [-0.05, 0) is 12.8 Å². The number of aliphatic hydroxyl groups is 2. The van der Waals surface area contributed by atoms with E-state index in [1.54, 1.807) is 0 Å². The SMILES string of the molecule is CCCCCCCCCCCCCCCCCCCCCCCCCCCCCCCCCC(=O)O[C@H](COCCCCCCCCCCCCCCCCCCCCCC)COP(=O)(O)OC[C@@H](O)CO. The van der Waals surface area contributed by atoms with Crippen LogP contribution in [0.25, 0.3) is 0 Å². The summed E-state index contributed by atoms with van der Waals surface area (Å²) in [5.74, 6) is -0.370. The van der Waals surface area contributed by atoms with E-state index in [2.05, 4.69) is 13.8 Å². The van der Waals surface area contributed by atoms with Gasteiger partial charge in [0.25, 0.3) is 0 Å². The maximum Gasteiger partial charge on any atom is 0.472 e. The molecule has 0 aromatic heterocycles. The van der Waals surface area contributed by atoms with Crippen molar-refractivity contribution in [3.63, 3.8) is 0 Å². The molecule has 0 rings (SSSR count). The Hall–Kier alpha value is -0.540. The van der Waals surface area contributed by atoms with E-state index in [4.69, 9.17) is 23.6 Å². The maximum atomic E-state index is 12.8. The highest BCUT2D eigenvalue weighted by Crippen LogP contribution is 2.43. The zero-order valence-electron chi connectivity index (χ0n) is 48.2. The molecule has 0 radical (unpaired) electrons. The molecule has 72 heavy (non-hydrogen) atoms. The third kappa shape index (κ3) is 58.7. The van der Waals surface area contributed by atoms with Crippen molar-refractivity contribution in [2.45, 2.75) is 360 Å². The molecule has 432 valence electrons. The van der Waals surface area contributed by atoms with Crippen LogP contribution in [-0.2, 0) is 27.9 Å². The van der Waals surface area contributed by atoms with Gasteiger partial charge < -0.3 is 24.6 Å². The molecule has 0 spiro atoms. The van der Waals surface area contributed by atoms with Gasteiger partial charge in [0.1, 0.15) is 12.2 Å². The number of phosphoric acid groups is 1. The summed E-state index contributed by atoms with van der Waals surface area (Å²) in [6.07, 6.45) is 66.9. The van der Waals surface area contributed by atoms with E-state index in [-0.39, 0.29) is 25.6 Å². The molecule has 0 bridgehead atoms. The van der Waals surface area contributed by atoms with Crippen molar-refractivity contribution in [1.29, 1.82) is 0 Å². The Labute approximate surface area is 448 Å². The van der Waals surface area contributed by atoms with Crippen LogP contribution < -0.4 is 0 Å². The Morgan fingerprint density at radius 2 is 0.625 bits per heavy atom. The van der Waals surface area contributed by atoms with Crippen LogP contribution in [0.2, 0.25) is 0 Å². The van der Waals surface area contributed by atoms with E-state index < -0.39 is 33.2 Å². The second-order valence-electron chi connectivity index (χ2n) is 22.2. The van der Waals surface area contributed by atoms with E-state index in [0.29, 0.717) is 6.61 Å². The Kier molecular flexibility index (Phi) is 59.3. The number of hydrogen-bond acceptors (Lipinski definition) is 8. The lowest BCUT2D eigenvalue weighted by Gasteiger charge is -2.20. The largest absolute Gasteiger partial charge is 0.472 e. The topological polar surface area (TPSA) is 132 Å². The first kappa shape index (κ1) is 71.5. The highest BCUT2D eigenvalue weighted by Gasteiger charge is 2.26. The first-order chi connectivity index (χ1) is 35.3. The molecular formula is C62H125O9P. The average molecular weight is 1050 g/mol. The second-order valence-corrected chi connectivity index (χ2v) is 23.6. The van der Waals surface area contributed by atoms with E-state index in [0.717, 1.165) is 32.1 Å². The lowest BCUT2D eigenvalue weighted by atomic mass is 10.0. The van der Waals surface area contributed by atoms with Gasteiger partial charge in [-0.1, -0.05) is 328 Å². The van der Waals surface area contributed by atoms with Gasteiger partial charge in [0.2, 0.25) is 0 Å². The maximum absolute atomic E-state index is 12.8. The molecule has 10 heteroatoms. The van der Waals surface area contributed by atoms with Gasteiger partial charge in [-0.2, -0.15) is 0 Å². The zero-order chi connectivity index (χ0) is 52.4. The molecule has 3 N–H and O–H groups in total. The van der Waals surface area contributed by atoms with Crippen molar-refractivity contribution < 1.29 is 43.0 Å². The molecule has 0 saturated carbocycles. The van der Waals surface area contributed by atoms with E-state index >= 15 is 0 Å². The highest BCUT2D eigenvalue weighted by atomic mass is 31.2. The minimum atomic E-state index is -4.52. The predicted octanol–water partition coefficient (Wildman–Crippen LogP) is 19.7. The van der Waals surface area contributed by atoms with Gasteiger partial charge in [-0.15, -0.1) is 0 Å². The normalized spacial score (nSPS) is 13.5. The molecule has 0 aliphatic carbocycles. The monoisotopic (exact) mass is 1040 g/mol. The summed E-state index contributed by atoms with van der Waals surface area (Å²) in [7, 11) is -4.52. The van der Waals surface area contributed by atoms with Gasteiger partial charge >= 0.3 is 13.8 Å².